The Labute approximate surface area is 259 Å². The van der Waals surface area contributed by atoms with E-state index in [0.29, 0.717) is 12.2 Å². The predicted molar refractivity (Wildman–Crippen MR) is 168 cm³/mol. The fraction of sp³-hybridized carbons (Fsp3) is 0.444. The Bertz CT molecular complexity index is 1270. The SMILES string of the molecule is CCCCCCCCCCCCOc1ccc(C(=O)O)cc1F.C[C@@H](CCF)C(=O)Oc1ccc(-c2ccccc2)cc1F. The Morgan fingerprint density at radius 1 is 0.750 bits per heavy atom. The summed E-state index contributed by atoms with van der Waals surface area (Å²) in [4.78, 5) is 22.4. The van der Waals surface area contributed by atoms with Crippen molar-refractivity contribution in [3.8, 4) is 22.6 Å². The van der Waals surface area contributed by atoms with E-state index in [2.05, 4.69) is 6.92 Å². The minimum Gasteiger partial charge on any atom is -0.491 e. The first-order valence-electron chi connectivity index (χ1n) is 15.5. The maximum Gasteiger partial charge on any atom is 0.335 e. The van der Waals surface area contributed by atoms with Gasteiger partial charge in [0.2, 0.25) is 0 Å². The molecule has 8 heteroatoms. The Balaban J connectivity index is 0.000000308. The van der Waals surface area contributed by atoms with Crippen LogP contribution in [0.15, 0.2) is 66.7 Å². The number of carboxylic acids is 1. The summed E-state index contributed by atoms with van der Waals surface area (Å²) in [5, 5.41) is 8.77. The van der Waals surface area contributed by atoms with Crippen LogP contribution in [0, 0.1) is 17.6 Å². The number of rotatable bonds is 18. The molecular formula is C36H45F3O5. The third kappa shape index (κ3) is 13.7. The third-order valence-electron chi connectivity index (χ3n) is 7.13. The molecule has 0 aliphatic heterocycles. The number of ether oxygens (including phenoxy) is 2. The van der Waals surface area contributed by atoms with Gasteiger partial charge in [-0.25, -0.2) is 13.6 Å². The molecule has 44 heavy (non-hydrogen) atoms. The number of unbranched alkanes of at least 4 members (excludes halogenated alkanes) is 9. The number of hydrogen-bond donors (Lipinski definition) is 1. The number of carbonyl (C=O) groups excluding carboxylic acids is 1. The lowest BCUT2D eigenvalue weighted by Gasteiger charge is -2.11. The molecule has 3 rings (SSSR count). The van der Waals surface area contributed by atoms with E-state index in [9.17, 15) is 22.8 Å². The maximum absolute atomic E-state index is 14.0. The van der Waals surface area contributed by atoms with Gasteiger partial charge < -0.3 is 14.6 Å². The molecule has 240 valence electrons. The summed E-state index contributed by atoms with van der Waals surface area (Å²) < 4.78 is 50.1. The summed E-state index contributed by atoms with van der Waals surface area (Å²) >= 11 is 0. The molecule has 0 amide bonds. The van der Waals surface area contributed by atoms with Gasteiger partial charge in [0.1, 0.15) is 0 Å². The lowest BCUT2D eigenvalue weighted by Crippen LogP contribution is -2.18. The Hall–Kier alpha value is -3.81. The van der Waals surface area contributed by atoms with Gasteiger partial charge >= 0.3 is 11.9 Å². The van der Waals surface area contributed by atoms with E-state index in [-0.39, 0.29) is 23.5 Å². The molecule has 0 radical (unpaired) electrons. The van der Waals surface area contributed by atoms with Crippen molar-refractivity contribution in [1.82, 2.24) is 0 Å². The average molecular weight is 615 g/mol. The first-order chi connectivity index (χ1) is 21.3. The minimum absolute atomic E-state index is 0.0613. The molecule has 3 aromatic carbocycles. The Kier molecular flexibility index (Phi) is 17.4. The molecule has 0 saturated carbocycles. The van der Waals surface area contributed by atoms with Gasteiger partial charge in [-0.3, -0.25) is 9.18 Å². The summed E-state index contributed by atoms with van der Waals surface area (Å²) in [7, 11) is 0. The molecule has 3 aromatic rings. The van der Waals surface area contributed by atoms with Gasteiger partial charge in [-0.1, -0.05) is 108 Å². The van der Waals surface area contributed by atoms with E-state index in [1.807, 2.05) is 30.3 Å². The molecule has 1 atom stereocenters. The zero-order chi connectivity index (χ0) is 32.2. The molecule has 0 bridgehead atoms. The lowest BCUT2D eigenvalue weighted by atomic mass is 10.1. The van der Waals surface area contributed by atoms with Gasteiger partial charge in [0.25, 0.3) is 0 Å². The van der Waals surface area contributed by atoms with Crippen molar-refractivity contribution in [1.29, 1.82) is 0 Å². The van der Waals surface area contributed by atoms with Crippen molar-refractivity contribution < 1.29 is 37.3 Å². The van der Waals surface area contributed by atoms with E-state index in [1.54, 1.807) is 13.0 Å². The van der Waals surface area contributed by atoms with Crippen molar-refractivity contribution in [3.05, 3.63) is 83.9 Å². The fourth-order valence-electron chi connectivity index (χ4n) is 4.41. The van der Waals surface area contributed by atoms with Crippen LogP contribution in [0.1, 0.15) is 94.8 Å². The van der Waals surface area contributed by atoms with E-state index < -0.39 is 36.2 Å². The van der Waals surface area contributed by atoms with Crippen LogP contribution in [0.4, 0.5) is 13.2 Å². The van der Waals surface area contributed by atoms with Crippen molar-refractivity contribution in [3.63, 3.8) is 0 Å². The van der Waals surface area contributed by atoms with E-state index in [4.69, 9.17) is 14.6 Å². The number of aromatic carboxylic acids is 1. The van der Waals surface area contributed by atoms with Crippen LogP contribution in [-0.2, 0) is 4.79 Å². The molecule has 0 aliphatic rings. The van der Waals surface area contributed by atoms with Crippen LogP contribution < -0.4 is 9.47 Å². The fourth-order valence-corrected chi connectivity index (χ4v) is 4.41. The standard InChI is InChI=1S/C19H29FO3.C17H16F2O2/c1-2-3-4-5-6-7-8-9-10-11-14-23-18-13-12-16(19(21)22)15-17(18)20;1-12(9-10-18)17(20)21-16-8-7-14(11-15(16)19)13-5-3-2-4-6-13/h12-13,15H,2-11,14H2,1H3,(H,21,22);2-8,11-12H,9-10H2,1H3/t;12-/m.0/s1. The molecular weight excluding hydrogens is 569 g/mol. The minimum atomic E-state index is -1.13. The van der Waals surface area contributed by atoms with Crippen molar-refractivity contribution in [2.24, 2.45) is 5.92 Å². The molecule has 0 spiro atoms. The van der Waals surface area contributed by atoms with E-state index >= 15 is 0 Å². The smallest absolute Gasteiger partial charge is 0.335 e. The van der Waals surface area contributed by atoms with Crippen molar-refractivity contribution in [2.45, 2.75) is 84.5 Å². The van der Waals surface area contributed by atoms with Gasteiger partial charge in [0, 0.05) is 0 Å². The largest absolute Gasteiger partial charge is 0.491 e. The molecule has 0 unspecified atom stereocenters. The molecule has 0 saturated heterocycles. The molecule has 0 fully saturated rings. The van der Waals surface area contributed by atoms with Crippen molar-refractivity contribution >= 4 is 11.9 Å². The number of halogens is 3. The second-order valence-electron chi connectivity index (χ2n) is 10.8. The Morgan fingerprint density at radius 2 is 1.34 bits per heavy atom. The lowest BCUT2D eigenvalue weighted by molar-refractivity contribution is -0.138. The predicted octanol–water partition coefficient (Wildman–Crippen LogP) is 10.2. The monoisotopic (exact) mass is 614 g/mol. The molecule has 5 nitrogen and oxygen atoms in total. The van der Waals surface area contributed by atoms with Gasteiger partial charge in [0.15, 0.2) is 23.1 Å². The van der Waals surface area contributed by atoms with Gasteiger partial charge in [0.05, 0.1) is 24.8 Å². The second kappa shape index (κ2) is 21.0. The molecule has 0 aromatic heterocycles. The van der Waals surface area contributed by atoms with E-state index in [0.717, 1.165) is 24.5 Å². The van der Waals surface area contributed by atoms with Crippen LogP contribution in [0.3, 0.4) is 0 Å². The summed E-state index contributed by atoms with van der Waals surface area (Å²) in [5.74, 6) is -3.59. The molecule has 0 heterocycles. The average Bonchev–Trinajstić information content (AvgIpc) is 3.02. The summed E-state index contributed by atoms with van der Waals surface area (Å²) in [6.07, 6.45) is 12.5. The third-order valence-corrected chi connectivity index (χ3v) is 7.13. The summed E-state index contributed by atoms with van der Waals surface area (Å²) in [6.45, 7) is 3.65. The first kappa shape index (κ1) is 36.4. The van der Waals surface area contributed by atoms with Crippen LogP contribution in [0.2, 0.25) is 0 Å². The van der Waals surface area contributed by atoms with Gasteiger partial charge in [-0.15, -0.1) is 0 Å². The number of carboxylic acid groups (broad SMARTS) is 1. The van der Waals surface area contributed by atoms with E-state index in [1.165, 1.54) is 75.6 Å². The number of alkyl halides is 1. The van der Waals surface area contributed by atoms with Gasteiger partial charge in [-0.2, -0.15) is 0 Å². The number of benzene rings is 3. The highest BCUT2D eigenvalue weighted by Crippen LogP contribution is 2.26. The first-order valence-corrected chi connectivity index (χ1v) is 15.5. The zero-order valence-electron chi connectivity index (χ0n) is 25.8. The van der Waals surface area contributed by atoms with Crippen LogP contribution in [-0.4, -0.2) is 30.3 Å². The normalized spacial score (nSPS) is 11.3. The Morgan fingerprint density at radius 3 is 1.91 bits per heavy atom. The highest BCUT2D eigenvalue weighted by molar-refractivity contribution is 5.87. The maximum atomic E-state index is 14.0. The summed E-state index contributed by atoms with van der Waals surface area (Å²) in [6, 6.07) is 17.5. The second-order valence-corrected chi connectivity index (χ2v) is 10.8. The number of hydrogen-bond acceptors (Lipinski definition) is 4. The summed E-state index contributed by atoms with van der Waals surface area (Å²) in [5.41, 5.74) is 1.51. The molecule has 1 N–H and O–H groups in total. The highest BCUT2D eigenvalue weighted by atomic mass is 19.1. The topological polar surface area (TPSA) is 72.8 Å². The number of esters is 1. The van der Waals surface area contributed by atoms with Crippen LogP contribution in [0.25, 0.3) is 11.1 Å². The zero-order valence-corrected chi connectivity index (χ0v) is 25.8. The van der Waals surface area contributed by atoms with Crippen LogP contribution >= 0.6 is 0 Å². The number of carbonyl (C=O) groups is 2. The van der Waals surface area contributed by atoms with Crippen LogP contribution in [0.5, 0.6) is 11.5 Å². The van der Waals surface area contributed by atoms with Crippen molar-refractivity contribution in [2.75, 3.05) is 13.3 Å². The molecule has 0 aliphatic carbocycles. The van der Waals surface area contributed by atoms with Gasteiger partial charge in [-0.05, 0) is 54.3 Å². The highest BCUT2D eigenvalue weighted by Gasteiger charge is 2.17. The quantitative estimate of drug-likeness (QED) is 0.0877.